The van der Waals surface area contributed by atoms with Crippen LogP contribution in [0, 0.1) is 5.92 Å². The molecule has 142 valence electrons. The number of piperazine rings is 1. The van der Waals surface area contributed by atoms with Crippen molar-refractivity contribution >= 4 is 17.7 Å². The molecule has 0 saturated carbocycles. The molecular weight excluding hydrogens is 342 g/mol. The molecular formula is C19H25N7O. The Morgan fingerprint density at radius 1 is 0.963 bits per heavy atom. The van der Waals surface area contributed by atoms with Crippen LogP contribution in [0.3, 0.4) is 0 Å². The lowest BCUT2D eigenvalue weighted by Gasteiger charge is -2.34. The number of hydrogen-bond donors (Lipinski definition) is 0. The van der Waals surface area contributed by atoms with Crippen LogP contribution in [0.4, 0.5) is 11.8 Å². The van der Waals surface area contributed by atoms with E-state index in [0.717, 1.165) is 18.9 Å². The third kappa shape index (κ3) is 3.99. The van der Waals surface area contributed by atoms with Gasteiger partial charge in [0.25, 0.3) is 5.91 Å². The molecule has 8 heteroatoms. The Hall–Kier alpha value is -2.77. The second-order valence-corrected chi connectivity index (χ2v) is 7.28. The molecule has 27 heavy (non-hydrogen) atoms. The van der Waals surface area contributed by atoms with Gasteiger partial charge in [-0.15, -0.1) is 0 Å². The maximum Gasteiger partial charge on any atom is 0.274 e. The van der Waals surface area contributed by atoms with E-state index in [2.05, 4.69) is 36.7 Å². The van der Waals surface area contributed by atoms with E-state index in [9.17, 15) is 4.79 Å². The van der Waals surface area contributed by atoms with Crippen LogP contribution >= 0.6 is 0 Å². The van der Waals surface area contributed by atoms with Gasteiger partial charge in [-0.25, -0.2) is 19.9 Å². The minimum Gasteiger partial charge on any atom is -0.355 e. The first-order valence-electron chi connectivity index (χ1n) is 9.59. The SMILES string of the molecule is CC1CCCN(c2cnc(C(=O)N3CCN(c4ncccn4)CC3)cn2)C1. The van der Waals surface area contributed by atoms with Crippen molar-refractivity contribution in [3.63, 3.8) is 0 Å². The van der Waals surface area contributed by atoms with Gasteiger partial charge in [0, 0.05) is 51.7 Å². The molecule has 2 aromatic heterocycles. The summed E-state index contributed by atoms with van der Waals surface area (Å²) in [5.41, 5.74) is 0.410. The van der Waals surface area contributed by atoms with Gasteiger partial charge < -0.3 is 14.7 Å². The molecule has 0 spiro atoms. The van der Waals surface area contributed by atoms with Gasteiger partial charge in [-0.05, 0) is 24.8 Å². The standard InChI is InChI=1S/C19H25N7O/c1-15-4-2-7-26(14-15)17-13-22-16(12-23-17)18(27)24-8-10-25(11-9-24)19-20-5-3-6-21-19/h3,5-6,12-13,15H,2,4,7-11,14H2,1H3. The average Bonchev–Trinajstić information content (AvgIpc) is 2.74. The second kappa shape index (κ2) is 7.85. The van der Waals surface area contributed by atoms with E-state index in [1.807, 2.05) is 4.90 Å². The average molecular weight is 367 g/mol. The molecule has 0 N–H and O–H groups in total. The quantitative estimate of drug-likeness (QED) is 0.813. The van der Waals surface area contributed by atoms with Crippen LogP contribution in [0.2, 0.25) is 0 Å². The lowest BCUT2D eigenvalue weighted by Crippen LogP contribution is -2.49. The van der Waals surface area contributed by atoms with Crippen LogP contribution in [0.5, 0.6) is 0 Å². The first-order valence-corrected chi connectivity index (χ1v) is 9.59. The number of aromatic nitrogens is 4. The first kappa shape index (κ1) is 17.6. The van der Waals surface area contributed by atoms with Gasteiger partial charge in [0.1, 0.15) is 11.5 Å². The molecule has 2 aliphatic rings. The number of carbonyl (C=O) groups excluding carboxylic acids is 1. The predicted molar refractivity (Wildman–Crippen MR) is 103 cm³/mol. The zero-order valence-electron chi connectivity index (χ0n) is 15.7. The molecule has 2 aliphatic heterocycles. The number of piperidine rings is 1. The summed E-state index contributed by atoms with van der Waals surface area (Å²) in [5.74, 6) is 2.19. The summed E-state index contributed by atoms with van der Waals surface area (Å²) in [5, 5.41) is 0. The molecule has 2 aromatic rings. The third-order valence-corrected chi connectivity index (χ3v) is 5.24. The van der Waals surface area contributed by atoms with Gasteiger partial charge in [-0.2, -0.15) is 0 Å². The summed E-state index contributed by atoms with van der Waals surface area (Å²) in [7, 11) is 0. The summed E-state index contributed by atoms with van der Waals surface area (Å²) in [6.45, 7) is 6.97. The van der Waals surface area contributed by atoms with E-state index in [0.29, 0.717) is 43.7 Å². The Labute approximate surface area is 159 Å². The fourth-order valence-corrected chi connectivity index (χ4v) is 3.72. The van der Waals surface area contributed by atoms with Crippen molar-refractivity contribution in [2.75, 3.05) is 49.1 Å². The number of hydrogen-bond acceptors (Lipinski definition) is 7. The van der Waals surface area contributed by atoms with Crippen molar-refractivity contribution in [2.24, 2.45) is 5.92 Å². The van der Waals surface area contributed by atoms with Crippen LogP contribution in [0.25, 0.3) is 0 Å². The highest BCUT2D eigenvalue weighted by molar-refractivity contribution is 5.92. The fraction of sp³-hybridized carbons (Fsp3) is 0.526. The Kier molecular flexibility index (Phi) is 5.13. The van der Waals surface area contributed by atoms with E-state index in [-0.39, 0.29) is 5.91 Å². The van der Waals surface area contributed by atoms with Gasteiger partial charge in [-0.3, -0.25) is 4.79 Å². The lowest BCUT2D eigenvalue weighted by molar-refractivity contribution is 0.0740. The highest BCUT2D eigenvalue weighted by Gasteiger charge is 2.25. The monoisotopic (exact) mass is 367 g/mol. The topological polar surface area (TPSA) is 78.4 Å². The van der Waals surface area contributed by atoms with Crippen molar-refractivity contribution < 1.29 is 4.79 Å². The van der Waals surface area contributed by atoms with Gasteiger partial charge in [-0.1, -0.05) is 6.92 Å². The lowest BCUT2D eigenvalue weighted by atomic mass is 10.0. The highest BCUT2D eigenvalue weighted by Crippen LogP contribution is 2.20. The molecule has 0 radical (unpaired) electrons. The summed E-state index contributed by atoms with van der Waals surface area (Å²) in [6, 6.07) is 1.80. The van der Waals surface area contributed by atoms with Gasteiger partial charge in [0.05, 0.1) is 12.4 Å². The summed E-state index contributed by atoms with van der Waals surface area (Å²) >= 11 is 0. The van der Waals surface area contributed by atoms with Crippen LogP contribution < -0.4 is 9.80 Å². The largest absolute Gasteiger partial charge is 0.355 e. The minimum absolute atomic E-state index is 0.0605. The number of anilines is 2. The van der Waals surface area contributed by atoms with E-state index >= 15 is 0 Å². The van der Waals surface area contributed by atoms with Crippen LogP contribution in [0.15, 0.2) is 30.9 Å². The normalized spacial score (nSPS) is 20.6. The second-order valence-electron chi connectivity index (χ2n) is 7.28. The molecule has 0 bridgehead atoms. The van der Waals surface area contributed by atoms with Crippen molar-refractivity contribution in [1.29, 1.82) is 0 Å². The zero-order chi connectivity index (χ0) is 18.6. The molecule has 8 nitrogen and oxygen atoms in total. The Bertz CT molecular complexity index is 759. The molecule has 2 fully saturated rings. The Morgan fingerprint density at radius 3 is 2.41 bits per heavy atom. The molecule has 1 atom stereocenters. The minimum atomic E-state index is -0.0605. The predicted octanol–water partition coefficient (Wildman–Crippen LogP) is 1.47. The summed E-state index contributed by atoms with van der Waals surface area (Å²) in [6.07, 6.45) is 9.27. The van der Waals surface area contributed by atoms with E-state index < -0.39 is 0 Å². The zero-order valence-corrected chi connectivity index (χ0v) is 15.7. The van der Waals surface area contributed by atoms with Crippen molar-refractivity contribution in [2.45, 2.75) is 19.8 Å². The molecule has 1 unspecified atom stereocenters. The molecule has 4 heterocycles. The van der Waals surface area contributed by atoms with E-state index in [1.54, 1.807) is 30.9 Å². The maximum atomic E-state index is 12.7. The van der Waals surface area contributed by atoms with Crippen molar-refractivity contribution in [3.05, 3.63) is 36.5 Å². The van der Waals surface area contributed by atoms with Crippen molar-refractivity contribution in [3.8, 4) is 0 Å². The number of nitrogens with zero attached hydrogens (tertiary/aromatic N) is 7. The number of rotatable bonds is 3. The third-order valence-electron chi connectivity index (χ3n) is 5.24. The highest BCUT2D eigenvalue weighted by atomic mass is 16.2. The van der Waals surface area contributed by atoms with E-state index in [4.69, 9.17) is 0 Å². The number of carbonyl (C=O) groups is 1. The molecule has 2 saturated heterocycles. The first-order chi connectivity index (χ1) is 13.2. The van der Waals surface area contributed by atoms with Crippen molar-refractivity contribution in [1.82, 2.24) is 24.8 Å². The van der Waals surface area contributed by atoms with E-state index in [1.165, 1.54) is 12.8 Å². The fourth-order valence-electron chi connectivity index (χ4n) is 3.72. The molecule has 4 rings (SSSR count). The smallest absolute Gasteiger partial charge is 0.274 e. The van der Waals surface area contributed by atoms with Gasteiger partial charge in [0.15, 0.2) is 0 Å². The molecule has 1 amide bonds. The van der Waals surface area contributed by atoms with Gasteiger partial charge in [0.2, 0.25) is 5.95 Å². The van der Waals surface area contributed by atoms with Gasteiger partial charge >= 0.3 is 0 Å². The van der Waals surface area contributed by atoms with Crippen LogP contribution in [-0.4, -0.2) is 70.0 Å². The number of amides is 1. The maximum absolute atomic E-state index is 12.7. The summed E-state index contributed by atoms with van der Waals surface area (Å²) < 4.78 is 0. The molecule has 0 aromatic carbocycles. The summed E-state index contributed by atoms with van der Waals surface area (Å²) in [4.78, 5) is 36.4. The van der Waals surface area contributed by atoms with Crippen LogP contribution in [-0.2, 0) is 0 Å². The van der Waals surface area contributed by atoms with Crippen LogP contribution in [0.1, 0.15) is 30.3 Å². The Morgan fingerprint density at radius 2 is 1.74 bits per heavy atom. The Balaban J connectivity index is 1.36. The molecule has 0 aliphatic carbocycles.